The molecule has 0 aliphatic heterocycles. The molecule has 1 amide bonds. The van der Waals surface area contributed by atoms with Crippen molar-refractivity contribution in [2.45, 2.75) is 32.6 Å². The van der Waals surface area contributed by atoms with Crippen molar-refractivity contribution < 1.29 is 4.79 Å². The lowest BCUT2D eigenvalue weighted by Gasteiger charge is -2.11. The molecule has 0 bridgehead atoms. The molecule has 2 N–H and O–H groups in total. The number of rotatable bonds is 10. The number of anilines is 1. The number of aromatic nitrogens is 1. The number of pyridine rings is 1. The zero-order valence-electron chi connectivity index (χ0n) is 12.7. The number of carbonyl (C=O) groups is 1. The molecule has 0 saturated carbocycles. The van der Waals surface area contributed by atoms with Gasteiger partial charge in [0.15, 0.2) is 0 Å². The van der Waals surface area contributed by atoms with Crippen LogP contribution in [-0.4, -0.2) is 36.0 Å². The quantitative estimate of drug-likeness (QED) is 0.610. The summed E-state index contributed by atoms with van der Waals surface area (Å²) < 4.78 is 0.815. The van der Waals surface area contributed by atoms with Gasteiger partial charge in [0.05, 0.1) is 5.56 Å². The van der Waals surface area contributed by atoms with Crippen LogP contribution in [0.1, 0.15) is 43.0 Å². The maximum absolute atomic E-state index is 12.3. The summed E-state index contributed by atoms with van der Waals surface area (Å²) in [7, 11) is 0. The molecule has 0 radical (unpaired) electrons. The molecule has 4 nitrogen and oxygen atoms in total. The van der Waals surface area contributed by atoms with E-state index in [9.17, 15) is 4.79 Å². The van der Waals surface area contributed by atoms with E-state index < -0.39 is 0 Å². The fraction of sp³-hybridized carbons (Fsp3) is 0.600. The summed E-state index contributed by atoms with van der Waals surface area (Å²) in [4.78, 5) is 16.5. The molecule has 1 aromatic rings. The second-order valence-electron chi connectivity index (χ2n) is 4.79. The Morgan fingerprint density at radius 3 is 2.86 bits per heavy atom. The van der Waals surface area contributed by atoms with Crippen LogP contribution in [0.25, 0.3) is 0 Å². The van der Waals surface area contributed by atoms with Gasteiger partial charge < -0.3 is 10.6 Å². The van der Waals surface area contributed by atoms with Gasteiger partial charge in [-0.2, -0.15) is 11.8 Å². The van der Waals surface area contributed by atoms with Crippen LogP contribution >= 0.6 is 27.7 Å². The molecular formula is C15H24BrN3OS. The summed E-state index contributed by atoms with van der Waals surface area (Å²) >= 11 is 5.24. The molecule has 0 spiro atoms. The third-order valence-corrected chi connectivity index (χ3v) is 4.08. The van der Waals surface area contributed by atoms with Crippen LogP contribution in [0, 0.1) is 0 Å². The van der Waals surface area contributed by atoms with Crippen LogP contribution in [0.5, 0.6) is 0 Å². The van der Waals surface area contributed by atoms with E-state index in [4.69, 9.17) is 0 Å². The van der Waals surface area contributed by atoms with E-state index in [1.807, 2.05) is 17.8 Å². The number of unbranched alkanes of at least 4 members (excludes halogenated alkanes) is 2. The van der Waals surface area contributed by atoms with E-state index >= 15 is 0 Å². The van der Waals surface area contributed by atoms with Crippen molar-refractivity contribution in [3.05, 3.63) is 22.3 Å². The lowest BCUT2D eigenvalue weighted by molar-refractivity contribution is 0.0953. The molecule has 0 aliphatic carbocycles. The monoisotopic (exact) mass is 373 g/mol. The van der Waals surface area contributed by atoms with Crippen LogP contribution in [0.2, 0.25) is 0 Å². The van der Waals surface area contributed by atoms with Crippen molar-refractivity contribution in [2.24, 2.45) is 0 Å². The molecule has 6 heteroatoms. The molecule has 1 heterocycles. The molecule has 21 heavy (non-hydrogen) atoms. The van der Waals surface area contributed by atoms with Gasteiger partial charge in [-0.05, 0) is 53.3 Å². The molecule has 118 valence electrons. The van der Waals surface area contributed by atoms with Crippen molar-refractivity contribution >= 4 is 39.4 Å². The van der Waals surface area contributed by atoms with Gasteiger partial charge in [-0.1, -0.05) is 13.3 Å². The second kappa shape index (κ2) is 10.9. The maximum Gasteiger partial charge on any atom is 0.255 e. The molecule has 0 aromatic carbocycles. The van der Waals surface area contributed by atoms with E-state index in [0.29, 0.717) is 17.9 Å². The van der Waals surface area contributed by atoms with Crippen LogP contribution < -0.4 is 10.6 Å². The lowest BCUT2D eigenvalue weighted by atomic mass is 10.2. The fourth-order valence-corrected chi connectivity index (χ4v) is 2.67. The Morgan fingerprint density at radius 1 is 1.33 bits per heavy atom. The predicted octanol–water partition coefficient (Wildman–Crippen LogP) is 3.93. The Bertz CT molecular complexity index is 443. The highest BCUT2D eigenvalue weighted by Crippen LogP contribution is 2.18. The minimum absolute atomic E-state index is 0.0627. The van der Waals surface area contributed by atoms with E-state index in [1.165, 1.54) is 12.2 Å². The van der Waals surface area contributed by atoms with Crippen molar-refractivity contribution in [1.82, 2.24) is 10.3 Å². The minimum atomic E-state index is -0.0627. The Balaban J connectivity index is 2.50. The topological polar surface area (TPSA) is 54.0 Å². The van der Waals surface area contributed by atoms with Crippen LogP contribution in [0.4, 0.5) is 5.82 Å². The Kier molecular flexibility index (Phi) is 9.50. The second-order valence-corrected chi connectivity index (χ2v) is 6.69. The van der Waals surface area contributed by atoms with E-state index in [1.54, 1.807) is 6.20 Å². The van der Waals surface area contributed by atoms with Gasteiger partial charge in [-0.25, -0.2) is 4.98 Å². The number of nitrogens with one attached hydrogen (secondary N) is 2. The minimum Gasteiger partial charge on any atom is -0.369 e. The molecule has 1 aromatic heterocycles. The number of nitrogens with zero attached hydrogens (tertiary/aromatic N) is 1. The van der Waals surface area contributed by atoms with Crippen molar-refractivity contribution in [3.63, 3.8) is 0 Å². The summed E-state index contributed by atoms with van der Waals surface area (Å²) in [5.74, 6) is 1.78. The summed E-state index contributed by atoms with van der Waals surface area (Å²) in [5, 5.41) is 6.17. The van der Waals surface area contributed by atoms with Crippen molar-refractivity contribution in [3.8, 4) is 0 Å². The van der Waals surface area contributed by atoms with Crippen molar-refractivity contribution in [1.29, 1.82) is 0 Å². The van der Waals surface area contributed by atoms with E-state index in [0.717, 1.165) is 30.3 Å². The first-order valence-corrected chi connectivity index (χ1v) is 9.54. The van der Waals surface area contributed by atoms with Gasteiger partial charge in [0, 0.05) is 23.8 Å². The standard InChI is InChI=1S/C15H24BrN3OS/c1-3-7-17-14-13(10-12(16)11-19-14)15(20)18-8-5-4-6-9-21-2/h10-11H,3-9H2,1-2H3,(H,17,19)(H,18,20). The smallest absolute Gasteiger partial charge is 0.255 e. The number of thioether (sulfide) groups is 1. The summed E-state index contributed by atoms with van der Waals surface area (Å²) in [6, 6.07) is 1.81. The molecule has 0 saturated heterocycles. The number of hydrogen-bond donors (Lipinski definition) is 2. The molecule has 0 unspecified atom stereocenters. The lowest BCUT2D eigenvalue weighted by Crippen LogP contribution is -2.26. The average Bonchev–Trinajstić information content (AvgIpc) is 2.49. The molecule has 0 fully saturated rings. The van der Waals surface area contributed by atoms with Gasteiger partial charge in [0.2, 0.25) is 0 Å². The Hall–Kier alpha value is -0.750. The normalized spacial score (nSPS) is 10.4. The largest absolute Gasteiger partial charge is 0.369 e. The number of halogens is 1. The molecule has 0 atom stereocenters. The first kappa shape index (κ1) is 18.3. The molecule has 0 aliphatic rings. The number of amides is 1. The van der Waals surface area contributed by atoms with Crippen molar-refractivity contribution in [2.75, 3.05) is 30.4 Å². The van der Waals surface area contributed by atoms with Gasteiger partial charge in [0.1, 0.15) is 5.82 Å². The zero-order valence-corrected chi connectivity index (χ0v) is 15.1. The zero-order chi connectivity index (χ0) is 15.5. The highest BCUT2D eigenvalue weighted by molar-refractivity contribution is 9.10. The van der Waals surface area contributed by atoms with Crippen LogP contribution in [0.3, 0.4) is 0 Å². The summed E-state index contributed by atoms with van der Waals surface area (Å²) in [6.07, 6.45) is 8.20. The first-order chi connectivity index (χ1) is 10.2. The van der Waals surface area contributed by atoms with Crippen LogP contribution in [0.15, 0.2) is 16.7 Å². The third-order valence-electron chi connectivity index (χ3n) is 2.95. The number of carbonyl (C=O) groups excluding carboxylic acids is 1. The summed E-state index contributed by atoms with van der Waals surface area (Å²) in [5.41, 5.74) is 0.599. The SMILES string of the molecule is CCCNc1ncc(Br)cc1C(=O)NCCCCCSC. The fourth-order valence-electron chi connectivity index (χ4n) is 1.84. The predicted molar refractivity (Wildman–Crippen MR) is 95.3 cm³/mol. The van der Waals surface area contributed by atoms with Gasteiger partial charge in [-0.15, -0.1) is 0 Å². The molecular weight excluding hydrogens is 350 g/mol. The number of hydrogen-bond acceptors (Lipinski definition) is 4. The first-order valence-electron chi connectivity index (χ1n) is 7.35. The highest BCUT2D eigenvalue weighted by Gasteiger charge is 2.12. The Morgan fingerprint density at radius 2 is 2.14 bits per heavy atom. The van der Waals surface area contributed by atoms with Gasteiger partial charge >= 0.3 is 0 Å². The van der Waals surface area contributed by atoms with Crippen LogP contribution in [-0.2, 0) is 0 Å². The highest BCUT2D eigenvalue weighted by atomic mass is 79.9. The Labute approximate surface area is 140 Å². The van der Waals surface area contributed by atoms with Gasteiger partial charge in [0.25, 0.3) is 5.91 Å². The van der Waals surface area contributed by atoms with E-state index in [2.05, 4.69) is 44.7 Å². The third kappa shape index (κ3) is 7.18. The molecule has 1 rings (SSSR count). The van der Waals surface area contributed by atoms with Gasteiger partial charge in [-0.3, -0.25) is 4.79 Å². The average molecular weight is 374 g/mol. The van der Waals surface area contributed by atoms with E-state index in [-0.39, 0.29) is 5.91 Å². The summed E-state index contributed by atoms with van der Waals surface area (Å²) in [6.45, 7) is 3.61. The maximum atomic E-state index is 12.3.